The number of aliphatic carboxylic acids is 1. The minimum absolute atomic E-state index is 0.406. The van der Waals surface area contributed by atoms with Gasteiger partial charge in [-0.2, -0.15) is 18.3 Å². The van der Waals surface area contributed by atoms with Crippen LogP contribution in [0.3, 0.4) is 0 Å². The molecule has 1 aliphatic heterocycles. The SMILES string of the molecule is Cn1cc(C2Cc3ccccc3CN2)cn1.O=C(O)C(F)(F)F. The number of carboxylic acids is 1. The van der Waals surface area contributed by atoms with Gasteiger partial charge in [-0.3, -0.25) is 4.68 Å². The molecular formula is C15H16F3N3O2. The molecule has 0 saturated carbocycles. The number of carboxylic acid groups (broad SMARTS) is 1. The predicted octanol–water partition coefficient (Wildman–Crippen LogP) is 2.44. The topological polar surface area (TPSA) is 67.2 Å². The fourth-order valence-corrected chi connectivity index (χ4v) is 2.31. The first-order valence-corrected chi connectivity index (χ1v) is 6.86. The Morgan fingerprint density at radius 1 is 1.35 bits per heavy atom. The number of rotatable bonds is 1. The Kier molecular flexibility index (Phi) is 5.05. The summed E-state index contributed by atoms with van der Waals surface area (Å²) in [6.45, 7) is 0.954. The molecule has 1 aliphatic rings. The second-order valence-electron chi connectivity index (χ2n) is 5.16. The number of nitrogens with one attached hydrogen (secondary N) is 1. The Hall–Kier alpha value is -2.35. The maximum absolute atomic E-state index is 10.6. The Labute approximate surface area is 130 Å². The molecule has 0 bridgehead atoms. The number of nitrogens with zero attached hydrogens (tertiary/aromatic N) is 2. The monoisotopic (exact) mass is 327 g/mol. The average molecular weight is 327 g/mol. The van der Waals surface area contributed by atoms with Crippen molar-refractivity contribution >= 4 is 5.97 Å². The number of hydrogen-bond acceptors (Lipinski definition) is 3. The van der Waals surface area contributed by atoms with E-state index >= 15 is 0 Å². The van der Waals surface area contributed by atoms with Crippen LogP contribution in [0.2, 0.25) is 0 Å². The minimum Gasteiger partial charge on any atom is -0.475 e. The highest BCUT2D eigenvalue weighted by atomic mass is 19.4. The van der Waals surface area contributed by atoms with Gasteiger partial charge in [-0.05, 0) is 17.5 Å². The standard InChI is InChI=1S/C13H15N3.C2HF3O2/c1-16-9-12(8-15-16)13-6-10-4-2-3-5-11(10)7-14-13;3-2(4,5)1(6)7/h2-5,8-9,13-14H,6-7H2,1H3;(H,6,7). The summed E-state index contributed by atoms with van der Waals surface area (Å²) in [6, 6.07) is 9.04. The summed E-state index contributed by atoms with van der Waals surface area (Å²) in [5, 5.41) is 14.9. The van der Waals surface area contributed by atoms with Crippen LogP contribution in [0.5, 0.6) is 0 Å². The fraction of sp³-hybridized carbons (Fsp3) is 0.333. The number of halogens is 3. The van der Waals surface area contributed by atoms with Gasteiger partial charge in [-0.25, -0.2) is 4.79 Å². The van der Waals surface area contributed by atoms with Gasteiger partial charge in [0, 0.05) is 31.4 Å². The summed E-state index contributed by atoms with van der Waals surface area (Å²) in [4.78, 5) is 8.90. The maximum Gasteiger partial charge on any atom is 0.490 e. The first-order chi connectivity index (χ1) is 10.8. The van der Waals surface area contributed by atoms with E-state index in [1.165, 1.54) is 16.7 Å². The quantitative estimate of drug-likeness (QED) is 0.844. The molecule has 0 fully saturated rings. The molecule has 2 aromatic rings. The van der Waals surface area contributed by atoms with Crippen molar-refractivity contribution in [3.63, 3.8) is 0 Å². The van der Waals surface area contributed by atoms with Gasteiger partial charge >= 0.3 is 12.1 Å². The van der Waals surface area contributed by atoms with Gasteiger partial charge in [0.05, 0.1) is 6.20 Å². The first kappa shape index (κ1) is 17.0. The minimum atomic E-state index is -5.08. The molecule has 8 heteroatoms. The van der Waals surface area contributed by atoms with Crippen molar-refractivity contribution in [1.82, 2.24) is 15.1 Å². The number of hydrogen-bond donors (Lipinski definition) is 2. The zero-order chi connectivity index (χ0) is 17.0. The van der Waals surface area contributed by atoms with E-state index in [2.05, 4.69) is 40.9 Å². The second kappa shape index (κ2) is 6.82. The summed E-state index contributed by atoms with van der Waals surface area (Å²) in [5.74, 6) is -2.76. The van der Waals surface area contributed by atoms with Crippen molar-refractivity contribution in [1.29, 1.82) is 0 Å². The Morgan fingerprint density at radius 2 is 1.96 bits per heavy atom. The van der Waals surface area contributed by atoms with Crippen LogP contribution in [-0.4, -0.2) is 27.0 Å². The van der Waals surface area contributed by atoms with Crippen molar-refractivity contribution in [2.24, 2.45) is 7.05 Å². The molecule has 0 radical (unpaired) electrons. The molecule has 0 spiro atoms. The van der Waals surface area contributed by atoms with Crippen molar-refractivity contribution in [2.45, 2.75) is 25.2 Å². The molecule has 1 atom stereocenters. The number of alkyl halides is 3. The Morgan fingerprint density at radius 3 is 2.48 bits per heavy atom. The van der Waals surface area contributed by atoms with Crippen LogP contribution in [0.25, 0.3) is 0 Å². The third-order valence-electron chi connectivity index (χ3n) is 3.45. The van der Waals surface area contributed by atoms with Crippen LogP contribution >= 0.6 is 0 Å². The van der Waals surface area contributed by atoms with Gasteiger partial charge < -0.3 is 10.4 Å². The molecule has 2 heterocycles. The van der Waals surface area contributed by atoms with Crippen LogP contribution < -0.4 is 5.32 Å². The van der Waals surface area contributed by atoms with Crippen LogP contribution in [0.15, 0.2) is 36.7 Å². The molecule has 0 saturated heterocycles. The second-order valence-corrected chi connectivity index (χ2v) is 5.16. The lowest BCUT2D eigenvalue weighted by Gasteiger charge is -2.25. The van der Waals surface area contributed by atoms with Crippen LogP contribution in [0.1, 0.15) is 22.7 Å². The molecule has 23 heavy (non-hydrogen) atoms. The lowest BCUT2D eigenvalue weighted by atomic mass is 9.93. The van der Waals surface area contributed by atoms with E-state index in [4.69, 9.17) is 9.90 Å². The molecule has 0 amide bonds. The summed E-state index contributed by atoms with van der Waals surface area (Å²) in [7, 11) is 1.96. The summed E-state index contributed by atoms with van der Waals surface area (Å²) >= 11 is 0. The molecule has 1 aromatic carbocycles. The van der Waals surface area contributed by atoms with E-state index in [0.717, 1.165) is 13.0 Å². The van der Waals surface area contributed by atoms with Gasteiger partial charge in [0.25, 0.3) is 0 Å². The lowest BCUT2D eigenvalue weighted by molar-refractivity contribution is -0.192. The molecular weight excluding hydrogens is 311 g/mol. The molecule has 124 valence electrons. The number of benzene rings is 1. The summed E-state index contributed by atoms with van der Waals surface area (Å²) in [6.07, 6.45) is 0.0130. The van der Waals surface area contributed by atoms with Crippen molar-refractivity contribution in [3.8, 4) is 0 Å². The third kappa shape index (κ3) is 4.56. The zero-order valence-corrected chi connectivity index (χ0v) is 12.3. The summed E-state index contributed by atoms with van der Waals surface area (Å²) < 4.78 is 33.6. The highest BCUT2D eigenvalue weighted by molar-refractivity contribution is 5.73. The molecule has 1 unspecified atom stereocenters. The first-order valence-electron chi connectivity index (χ1n) is 6.86. The van der Waals surface area contributed by atoms with Crippen molar-refractivity contribution in [2.75, 3.05) is 0 Å². The van der Waals surface area contributed by atoms with Gasteiger partial charge in [0.1, 0.15) is 0 Å². The fourth-order valence-electron chi connectivity index (χ4n) is 2.31. The van der Waals surface area contributed by atoms with Gasteiger partial charge in [-0.1, -0.05) is 24.3 Å². The van der Waals surface area contributed by atoms with Crippen LogP contribution in [0, 0.1) is 0 Å². The van der Waals surface area contributed by atoms with E-state index in [0.29, 0.717) is 6.04 Å². The van der Waals surface area contributed by atoms with Gasteiger partial charge in [0.15, 0.2) is 0 Å². The zero-order valence-electron chi connectivity index (χ0n) is 12.3. The molecule has 0 aliphatic carbocycles. The van der Waals surface area contributed by atoms with Crippen LogP contribution in [0.4, 0.5) is 13.2 Å². The smallest absolute Gasteiger partial charge is 0.475 e. The molecule has 1 aromatic heterocycles. The van der Waals surface area contributed by atoms with Crippen molar-refractivity contribution in [3.05, 3.63) is 53.3 Å². The normalized spacial score (nSPS) is 17.0. The lowest BCUT2D eigenvalue weighted by Crippen LogP contribution is -2.28. The van der Waals surface area contributed by atoms with Gasteiger partial charge in [0.2, 0.25) is 0 Å². The average Bonchev–Trinajstić information content (AvgIpc) is 2.93. The summed E-state index contributed by atoms with van der Waals surface area (Å²) in [5.41, 5.74) is 4.15. The maximum atomic E-state index is 10.6. The molecule has 2 N–H and O–H groups in total. The largest absolute Gasteiger partial charge is 0.490 e. The number of aryl methyl sites for hydroxylation is 1. The predicted molar refractivity (Wildman–Crippen MR) is 76.6 cm³/mol. The number of carbonyl (C=O) groups is 1. The van der Waals surface area contributed by atoms with E-state index in [-0.39, 0.29) is 0 Å². The Balaban J connectivity index is 0.000000236. The Bertz CT molecular complexity index is 683. The number of aromatic nitrogens is 2. The van der Waals surface area contributed by atoms with E-state index in [9.17, 15) is 13.2 Å². The third-order valence-corrected chi connectivity index (χ3v) is 3.45. The van der Waals surface area contributed by atoms with E-state index in [1.54, 1.807) is 0 Å². The van der Waals surface area contributed by atoms with Crippen LogP contribution in [-0.2, 0) is 24.8 Å². The van der Waals surface area contributed by atoms with Crippen molar-refractivity contribution < 1.29 is 23.1 Å². The van der Waals surface area contributed by atoms with E-state index in [1.807, 2.05) is 17.9 Å². The molecule has 5 nitrogen and oxygen atoms in total. The highest BCUT2D eigenvalue weighted by Gasteiger charge is 2.38. The highest BCUT2D eigenvalue weighted by Crippen LogP contribution is 2.25. The van der Waals surface area contributed by atoms with Gasteiger partial charge in [-0.15, -0.1) is 0 Å². The number of fused-ring (bicyclic) bond motifs is 1. The molecule has 3 rings (SSSR count). The van der Waals surface area contributed by atoms with E-state index < -0.39 is 12.1 Å².